The van der Waals surface area contributed by atoms with Crippen LogP contribution in [0.3, 0.4) is 0 Å². The van der Waals surface area contributed by atoms with Gasteiger partial charge in [0.1, 0.15) is 23.6 Å². The number of aryl methyl sites for hydroxylation is 1. The average Bonchev–Trinajstić information content (AvgIpc) is 3.25. The first-order valence-electron chi connectivity index (χ1n) is 21.8. The molecule has 7 fully saturated rings. The van der Waals surface area contributed by atoms with Crippen LogP contribution in [0.4, 0.5) is 27.1 Å². The summed E-state index contributed by atoms with van der Waals surface area (Å²) in [6.07, 6.45) is 11.6. The Bertz CT molecular complexity index is 2190. The molecule has 2 N–H and O–H groups in total. The van der Waals surface area contributed by atoms with Crippen LogP contribution in [0, 0.1) is 23.7 Å². The molecule has 15 nitrogen and oxygen atoms in total. The normalized spacial score (nSPS) is 21.6. The highest BCUT2D eigenvalue weighted by atomic mass is 79.9. The van der Waals surface area contributed by atoms with Crippen molar-refractivity contribution >= 4 is 54.6 Å². The molecule has 4 aromatic heterocycles. The molecule has 0 bridgehead atoms. The highest BCUT2D eigenvalue weighted by Gasteiger charge is 2.52. The van der Waals surface area contributed by atoms with E-state index >= 15 is 0 Å². The smallest absolute Gasteiger partial charge is 0.237 e. The Morgan fingerprint density at radius 3 is 1.49 bits per heavy atom. The number of halogens is 3. The summed E-state index contributed by atoms with van der Waals surface area (Å²) in [4.78, 5) is 23.8. The molecular formula is C47H63Br2FN8O7. The van der Waals surface area contributed by atoms with E-state index in [1.165, 1.54) is 6.20 Å². The Kier molecular flexibility index (Phi) is 16.4. The minimum Gasteiger partial charge on any atom is -0.473 e. The van der Waals surface area contributed by atoms with E-state index in [0.717, 1.165) is 148 Å². The first-order valence-corrected chi connectivity index (χ1v) is 23.4. The fraction of sp³-hybridized carbons (Fsp3) is 0.574. The fourth-order valence-corrected chi connectivity index (χ4v) is 9.71. The van der Waals surface area contributed by atoms with Gasteiger partial charge in [-0.3, -0.25) is 4.98 Å². The van der Waals surface area contributed by atoms with Gasteiger partial charge in [-0.15, -0.1) is 0 Å². The molecule has 65 heavy (non-hydrogen) atoms. The van der Waals surface area contributed by atoms with Gasteiger partial charge in [0.25, 0.3) is 0 Å². The van der Waals surface area contributed by atoms with E-state index in [-0.39, 0.29) is 27.1 Å². The number of morpholine rings is 3. The van der Waals surface area contributed by atoms with Crippen LogP contribution in [-0.4, -0.2) is 137 Å². The lowest BCUT2D eigenvalue weighted by Crippen LogP contribution is -2.56. The van der Waals surface area contributed by atoms with Crippen molar-refractivity contribution in [2.75, 3.05) is 126 Å². The number of nitrogen functional groups attached to an aromatic ring is 1. The van der Waals surface area contributed by atoms with Gasteiger partial charge in [-0.1, -0.05) is 14.9 Å². The van der Waals surface area contributed by atoms with E-state index in [4.69, 9.17) is 43.9 Å². The summed E-state index contributed by atoms with van der Waals surface area (Å²) in [5.41, 5.74) is 13.0. The van der Waals surface area contributed by atoms with Gasteiger partial charge in [-0.05, 0) is 88.7 Å². The van der Waals surface area contributed by atoms with Gasteiger partial charge in [0, 0.05) is 94.5 Å². The van der Waals surface area contributed by atoms with Crippen LogP contribution in [0.15, 0.2) is 58.0 Å². The van der Waals surface area contributed by atoms with Gasteiger partial charge in [0.15, 0.2) is 0 Å². The SMILES string of the molecule is Brc1cnc(OC2CC3(COC3)C2)c(N2CCOCC2)c1.C.C.Cc1ncc(N)cc1-c1cnc(OC2CC3(COC3)C2)c(N2CCOCC2)c1.Fc1ncc(Br)cc1N1CCOCC1. The Hall–Kier alpha value is -3.91. The lowest BCUT2D eigenvalue weighted by Gasteiger charge is -2.52. The molecule has 0 atom stereocenters. The summed E-state index contributed by atoms with van der Waals surface area (Å²) in [5, 5.41) is 0. The van der Waals surface area contributed by atoms with Gasteiger partial charge in [-0.25, -0.2) is 15.0 Å². The molecule has 0 amide bonds. The van der Waals surface area contributed by atoms with Crippen LogP contribution in [0.25, 0.3) is 11.1 Å². The molecule has 11 rings (SSSR count). The molecule has 2 spiro atoms. The Labute approximate surface area is 399 Å². The second-order valence-electron chi connectivity index (χ2n) is 17.5. The summed E-state index contributed by atoms with van der Waals surface area (Å²) in [6.45, 7) is 14.6. The maximum absolute atomic E-state index is 13.3. The second-order valence-corrected chi connectivity index (χ2v) is 19.3. The van der Waals surface area contributed by atoms with Gasteiger partial charge < -0.3 is 53.6 Å². The van der Waals surface area contributed by atoms with Crippen LogP contribution in [0.5, 0.6) is 11.8 Å². The van der Waals surface area contributed by atoms with Crippen molar-refractivity contribution in [2.45, 2.75) is 59.7 Å². The lowest BCUT2D eigenvalue weighted by atomic mass is 9.65. The summed E-state index contributed by atoms with van der Waals surface area (Å²) < 4.78 is 54.4. The fourth-order valence-electron chi connectivity index (χ4n) is 9.07. The van der Waals surface area contributed by atoms with Crippen molar-refractivity contribution in [3.05, 3.63) is 69.6 Å². The molecule has 5 saturated heterocycles. The molecular weight excluding hydrogens is 967 g/mol. The van der Waals surface area contributed by atoms with Crippen molar-refractivity contribution in [3.8, 4) is 22.9 Å². The van der Waals surface area contributed by atoms with Crippen molar-refractivity contribution in [1.82, 2.24) is 19.9 Å². The van der Waals surface area contributed by atoms with Gasteiger partial charge >= 0.3 is 0 Å². The molecule has 0 aromatic carbocycles. The number of aromatic nitrogens is 4. The molecule has 4 aromatic rings. The summed E-state index contributed by atoms with van der Waals surface area (Å²) >= 11 is 6.78. The van der Waals surface area contributed by atoms with Gasteiger partial charge in [-0.2, -0.15) is 4.39 Å². The highest BCUT2D eigenvalue weighted by Crippen LogP contribution is 2.50. The zero-order chi connectivity index (χ0) is 43.4. The number of anilines is 4. The number of hydrogen-bond acceptors (Lipinski definition) is 15. The summed E-state index contributed by atoms with van der Waals surface area (Å²) in [5.74, 6) is 1.04. The van der Waals surface area contributed by atoms with Gasteiger partial charge in [0.05, 0.1) is 83.6 Å². The largest absolute Gasteiger partial charge is 0.473 e. The van der Waals surface area contributed by atoms with Crippen LogP contribution < -0.4 is 29.9 Å². The molecule has 5 aliphatic heterocycles. The van der Waals surface area contributed by atoms with Crippen molar-refractivity contribution in [2.24, 2.45) is 10.8 Å². The highest BCUT2D eigenvalue weighted by molar-refractivity contribution is 9.10. The maximum atomic E-state index is 13.3. The first-order chi connectivity index (χ1) is 30.6. The van der Waals surface area contributed by atoms with E-state index in [0.29, 0.717) is 54.5 Å². The number of nitrogens with two attached hydrogens (primary N) is 1. The van der Waals surface area contributed by atoms with Crippen molar-refractivity contribution < 1.29 is 37.5 Å². The third-order valence-electron chi connectivity index (χ3n) is 12.7. The van der Waals surface area contributed by atoms with Crippen molar-refractivity contribution in [1.29, 1.82) is 0 Å². The molecule has 0 radical (unpaired) electrons. The Balaban J connectivity index is 0.000000151. The third kappa shape index (κ3) is 11.6. The Morgan fingerprint density at radius 1 is 0.585 bits per heavy atom. The van der Waals surface area contributed by atoms with E-state index in [1.807, 2.05) is 24.1 Å². The molecule has 0 unspecified atom stereocenters. The van der Waals surface area contributed by atoms with Crippen LogP contribution >= 0.6 is 31.9 Å². The molecule has 2 saturated carbocycles. The zero-order valence-corrected chi connectivity index (χ0v) is 38.8. The number of rotatable bonds is 8. The van der Waals surface area contributed by atoms with E-state index < -0.39 is 5.95 Å². The molecule has 354 valence electrons. The van der Waals surface area contributed by atoms with E-state index in [9.17, 15) is 4.39 Å². The van der Waals surface area contributed by atoms with Gasteiger partial charge in [0.2, 0.25) is 17.7 Å². The van der Waals surface area contributed by atoms with Crippen LogP contribution in [0.2, 0.25) is 0 Å². The lowest BCUT2D eigenvalue weighted by molar-refractivity contribution is -0.191. The zero-order valence-electron chi connectivity index (χ0n) is 35.6. The summed E-state index contributed by atoms with van der Waals surface area (Å²) in [6, 6.07) is 7.94. The quantitative estimate of drug-likeness (QED) is 0.171. The third-order valence-corrected chi connectivity index (χ3v) is 13.6. The number of hydrogen-bond donors (Lipinski definition) is 1. The van der Waals surface area contributed by atoms with E-state index in [2.05, 4.69) is 68.7 Å². The second kappa shape index (κ2) is 21.8. The molecule has 2 aliphatic carbocycles. The maximum Gasteiger partial charge on any atom is 0.237 e. The Morgan fingerprint density at radius 2 is 1.02 bits per heavy atom. The topological polar surface area (TPSA) is 152 Å². The standard InChI is InChI=1S/C21H26N4O3.C15H19BrN2O3.C9H10BrFN2O.2CH4/c1-14-18(7-16(22)11-23-14)15-6-19(25-2-4-26-5-3-25)20(24-10-15)28-17-8-21(9-17)12-27-13-21;16-11-5-13(18-1-3-19-4-2-18)14(17-8-11)21-12-6-15(7-12)9-20-10-15;10-7-5-8(9(11)12-6-7)13-1-3-14-4-2-13;;/h6-7,10-11,17H,2-5,8-9,12-13,22H2,1H3;5,8,12H,1-4,6-7,9-10H2;5-6H,1-4H2;2*1H4. The number of pyridine rings is 4. The van der Waals surface area contributed by atoms with Crippen LogP contribution in [0.1, 0.15) is 46.2 Å². The van der Waals surface area contributed by atoms with Crippen LogP contribution in [-0.2, 0) is 23.7 Å². The molecule has 7 aliphatic rings. The predicted octanol–water partition coefficient (Wildman–Crippen LogP) is 7.76. The van der Waals surface area contributed by atoms with Crippen molar-refractivity contribution in [3.63, 3.8) is 0 Å². The first kappa shape index (κ1) is 49.0. The number of ether oxygens (including phenoxy) is 7. The minimum absolute atomic E-state index is 0. The predicted molar refractivity (Wildman–Crippen MR) is 257 cm³/mol. The molecule has 9 heterocycles. The average molecular weight is 1030 g/mol. The minimum atomic E-state index is -0.421. The monoisotopic (exact) mass is 1030 g/mol. The summed E-state index contributed by atoms with van der Waals surface area (Å²) in [7, 11) is 0. The van der Waals surface area contributed by atoms with E-state index in [1.54, 1.807) is 18.5 Å². The number of nitrogens with zero attached hydrogens (tertiary/aromatic N) is 7. The molecule has 18 heteroatoms.